The lowest BCUT2D eigenvalue weighted by Gasteiger charge is -2.35. The molecule has 1 aromatic carbocycles. The normalized spacial score (nSPS) is 27.1. The predicted molar refractivity (Wildman–Crippen MR) is 96.1 cm³/mol. The van der Waals surface area contributed by atoms with Gasteiger partial charge in [0, 0.05) is 43.5 Å². The molecule has 0 spiro atoms. The van der Waals surface area contributed by atoms with Crippen LogP contribution in [0.5, 0.6) is 0 Å². The maximum atomic E-state index is 12.4. The Labute approximate surface area is 149 Å². The number of benzene rings is 1. The summed E-state index contributed by atoms with van der Waals surface area (Å²) < 4.78 is 11.3. The Morgan fingerprint density at radius 1 is 1.16 bits per heavy atom. The highest BCUT2D eigenvalue weighted by atomic mass is 16.5. The Hall–Kier alpha value is -1.63. The zero-order valence-electron chi connectivity index (χ0n) is 14.7. The van der Waals surface area contributed by atoms with Crippen molar-refractivity contribution < 1.29 is 14.3 Å². The first-order valence-corrected chi connectivity index (χ1v) is 9.36. The van der Waals surface area contributed by atoms with E-state index in [2.05, 4.69) is 15.1 Å². The highest BCUT2D eigenvalue weighted by Crippen LogP contribution is 2.22. The fourth-order valence-corrected chi connectivity index (χ4v) is 3.96. The second kappa shape index (κ2) is 7.72. The number of hydrogen-bond donors (Lipinski definition) is 1. The molecule has 3 aliphatic heterocycles. The van der Waals surface area contributed by atoms with E-state index in [9.17, 15) is 4.79 Å². The van der Waals surface area contributed by atoms with Crippen molar-refractivity contribution in [3.05, 3.63) is 29.8 Å². The first-order valence-electron chi connectivity index (χ1n) is 9.36. The lowest BCUT2D eigenvalue weighted by Crippen LogP contribution is -2.50. The van der Waals surface area contributed by atoms with Gasteiger partial charge in [0.25, 0.3) is 5.91 Å². The van der Waals surface area contributed by atoms with Crippen molar-refractivity contribution in [3.63, 3.8) is 0 Å². The summed E-state index contributed by atoms with van der Waals surface area (Å²) in [4.78, 5) is 17.2. The minimum Gasteiger partial charge on any atom is -0.378 e. The number of hydrogen-bond acceptors (Lipinski definition) is 5. The van der Waals surface area contributed by atoms with E-state index in [4.69, 9.17) is 9.47 Å². The second-order valence-electron chi connectivity index (χ2n) is 7.10. The van der Waals surface area contributed by atoms with Gasteiger partial charge < -0.3 is 19.7 Å². The van der Waals surface area contributed by atoms with Crippen molar-refractivity contribution in [1.29, 1.82) is 0 Å². The number of nitrogens with one attached hydrogen (secondary N) is 1. The summed E-state index contributed by atoms with van der Waals surface area (Å²) in [6.45, 7) is 6.82. The molecule has 1 amide bonds. The summed E-state index contributed by atoms with van der Waals surface area (Å²) in [5.41, 5.74) is 1.85. The van der Waals surface area contributed by atoms with Gasteiger partial charge >= 0.3 is 0 Å². The molecule has 6 heteroatoms. The molecule has 25 heavy (non-hydrogen) atoms. The minimum absolute atomic E-state index is 0.0272. The van der Waals surface area contributed by atoms with Crippen LogP contribution in [0.2, 0.25) is 0 Å². The van der Waals surface area contributed by atoms with E-state index in [0.717, 1.165) is 45.1 Å². The average Bonchev–Trinajstić information content (AvgIpc) is 3.15. The molecular weight excluding hydrogens is 318 g/mol. The fourth-order valence-electron chi connectivity index (χ4n) is 3.96. The standard InChI is InChI=1S/C19H27N3O3/c23-19(20-12-18-13-22-7-1-2-17(22)14-25-18)15-3-5-16(6-4-15)21-8-10-24-11-9-21/h3-6,17-18H,1-2,7-14H2,(H,20,23)/t17-,18+/m1/s1. The SMILES string of the molecule is O=C(NC[C@H]1CN2CCC[C@@H]2CO1)c1ccc(N2CCOCC2)cc1. The zero-order valence-corrected chi connectivity index (χ0v) is 14.7. The van der Waals surface area contributed by atoms with Gasteiger partial charge in [0.15, 0.2) is 0 Å². The van der Waals surface area contributed by atoms with E-state index in [1.54, 1.807) is 0 Å². The van der Waals surface area contributed by atoms with E-state index < -0.39 is 0 Å². The summed E-state index contributed by atoms with van der Waals surface area (Å²) in [6, 6.07) is 8.44. The van der Waals surface area contributed by atoms with Gasteiger partial charge in [0.1, 0.15) is 0 Å². The van der Waals surface area contributed by atoms with Gasteiger partial charge in [-0.2, -0.15) is 0 Å². The van der Waals surface area contributed by atoms with E-state index in [1.807, 2.05) is 24.3 Å². The number of nitrogens with zero attached hydrogens (tertiary/aromatic N) is 2. The van der Waals surface area contributed by atoms with Crippen LogP contribution in [-0.2, 0) is 9.47 Å². The van der Waals surface area contributed by atoms with E-state index in [0.29, 0.717) is 18.2 Å². The van der Waals surface area contributed by atoms with Gasteiger partial charge in [-0.1, -0.05) is 0 Å². The second-order valence-corrected chi connectivity index (χ2v) is 7.10. The Kier molecular flexibility index (Phi) is 5.20. The number of anilines is 1. The van der Waals surface area contributed by atoms with Crippen molar-refractivity contribution in [1.82, 2.24) is 10.2 Å². The smallest absolute Gasteiger partial charge is 0.251 e. The average molecular weight is 345 g/mol. The highest BCUT2D eigenvalue weighted by Gasteiger charge is 2.32. The van der Waals surface area contributed by atoms with E-state index >= 15 is 0 Å². The van der Waals surface area contributed by atoms with Crippen molar-refractivity contribution in [2.24, 2.45) is 0 Å². The van der Waals surface area contributed by atoms with Crippen LogP contribution in [-0.4, -0.2) is 75.5 Å². The monoisotopic (exact) mass is 345 g/mol. The van der Waals surface area contributed by atoms with Crippen LogP contribution in [0.15, 0.2) is 24.3 Å². The molecule has 3 saturated heterocycles. The van der Waals surface area contributed by atoms with Crippen LogP contribution >= 0.6 is 0 Å². The summed E-state index contributed by atoms with van der Waals surface area (Å²) in [5.74, 6) is -0.0272. The number of rotatable bonds is 4. The Balaban J connectivity index is 1.27. The van der Waals surface area contributed by atoms with Crippen molar-refractivity contribution in [2.45, 2.75) is 25.0 Å². The third-order valence-electron chi connectivity index (χ3n) is 5.46. The quantitative estimate of drug-likeness (QED) is 0.886. The molecule has 0 aliphatic carbocycles. The van der Waals surface area contributed by atoms with Gasteiger partial charge in [-0.25, -0.2) is 0 Å². The van der Waals surface area contributed by atoms with Gasteiger partial charge in [-0.05, 0) is 43.7 Å². The molecule has 3 heterocycles. The maximum absolute atomic E-state index is 12.4. The van der Waals surface area contributed by atoms with Gasteiger partial charge in [-0.3, -0.25) is 9.69 Å². The number of ether oxygens (including phenoxy) is 2. The van der Waals surface area contributed by atoms with Gasteiger partial charge in [-0.15, -0.1) is 0 Å². The molecule has 4 rings (SSSR count). The van der Waals surface area contributed by atoms with Gasteiger partial charge in [0.2, 0.25) is 0 Å². The Bertz CT molecular complexity index is 586. The van der Waals surface area contributed by atoms with E-state index in [-0.39, 0.29) is 12.0 Å². The molecular formula is C19H27N3O3. The Morgan fingerprint density at radius 2 is 1.96 bits per heavy atom. The summed E-state index contributed by atoms with van der Waals surface area (Å²) >= 11 is 0. The summed E-state index contributed by atoms with van der Waals surface area (Å²) in [5, 5.41) is 3.02. The molecule has 0 unspecified atom stereocenters. The summed E-state index contributed by atoms with van der Waals surface area (Å²) in [7, 11) is 0. The number of amides is 1. The summed E-state index contributed by atoms with van der Waals surface area (Å²) in [6.07, 6.45) is 2.61. The van der Waals surface area contributed by atoms with Crippen LogP contribution in [0.4, 0.5) is 5.69 Å². The number of morpholine rings is 2. The fraction of sp³-hybridized carbons (Fsp3) is 0.632. The molecule has 136 valence electrons. The van der Waals surface area contributed by atoms with Crippen molar-refractivity contribution >= 4 is 11.6 Å². The molecule has 0 saturated carbocycles. The highest BCUT2D eigenvalue weighted by molar-refractivity contribution is 5.94. The molecule has 3 fully saturated rings. The third kappa shape index (κ3) is 3.97. The maximum Gasteiger partial charge on any atom is 0.251 e. The molecule has 6 nitrogen and oxygen atoms in total. The van der Waals surface area contributed by atoms with Crippen molar-refractivity contribution in [2.75, 3.05) is 57.4 Å². The van der Waals surface area contributed by atoms with Crippen LogP contribution in [0.25, 0.3) is 0 Å². The topological polar surface area (TPSA) is 54.0 Å². The van der Waals surface area contributed by atoms with Crippen molar-refractivity contribution in [3.8, 4) is 0 Å². The first kappa shape index (κ1) is 16.8. The molecule has 0 aromatic heterocycles. The first-order chi connectivity index (χ1) is 12.3. The number of carbonyl (C=O) groups is 1. The largest absolute Gasteiger partial charge is 0.378 e. The number of carbonyl (C=O) groups excluding carboxylic acids is 1. The van der Waals surface area contributed by atoms with Crippen LogP contribution in [0.3, 0.4) is 0 Å². The van der Waals surface area contributed by atoms with E-state index in [1.165, 1.54) is 19.4 Å². The molecule has 2 atom stereocenters. The lowest BCUT2D eigenvalue weighted by molar-refractivity contribution is -0.0461. The molecule has 3 aliphatic rings. The molecule has 1 aromatic rings. The third-order valence-corrected chi connectivity index (χ3v) is 5.46. The minimum atomic E-state index is -0.0272. The van der Waals surface area contributed by atoms with Crippen LogP contribution in [0.1, 0.15) is 23.2 Å². The van der Waals surface area contributed by atoms with Crippen LogP contribution < -0.4 is 10.2 Å². The lowest BCUT2D eigenvalue weighted by atomic mass is 10.1. The zero-order chi connectivity index (χ0) is 17.1. The number of fused-ring (bicyclic) bond motifs is 1. The molecule has 1 N–H and O–H groups in total. The molecule has 0 bridgehead atoms. The molecule has 0 radical (unpaired) electrons. The Morgan fingerprint density at radius 3 is 2.76 bits per heavy atom. The van der Waals surface area contributed by atoms with Crippen LogP contribution in [0, 0.1) is 0 Å². The predicted octanol–water partition coefficient (Wildman–Crippen LogP) is 1.12. The van der Waals surface area contributed by atoms with Gasteiger partial charge in [0.05, 0.1) is 25.9 Å².